The number of aryl methyl sites for hydroxylation is 1. The second-order valence-electron chi connectivity index (χ2n) is 9.78. The first-order valence-electron chi connectivity index (χ1n) is 13.5. The molecule has 1 aliphatic heterocycles. The number of urea groups is 1. The van der Waals surface area contributed by atoms with Crippen molar-refractivity contribution in [2.75, 3.05) is 48.9 Å². The van der Waals surface area contributed by atoms with Crippen molar-refractivity contribution in [2.24, 2.45) is 7.05 Å². The maximum Gasteiger partial charge on any atom is 0.323 e. The molecule has 3 amide bonds. The number of rotatable bonds is 6. The summed E-state index contributed by atoms with van der Waals surface area (Å²) in [7, 11) is 3.45. The van der Waals surface area contributed by atoms with Crippen LogP contribution >= 0.6 is 0 Å². The molecule has 5 aromatic rings. The van der Waals surface area contributed by atoms with Gasteiger partial charge in [-0.15, -0.1) is 0 Å². The topological polar surface area (TPSA) is 139 Å². The molecular weight excluding hydrogens is 534 g/mol. The van der Waals surface area contributed by atoms with Gasteiger partial charge in [-0.25, -0.2) is 14.8 Å². The lowest BCUT2D eigenvalue weighted by Crippen LogP contribution is -2.37. The number of carbonyl (C=O) groups is 2. The standard InChI is InChI=1S/C30H29N9O3/c1-31-29(40)20-5-9-24(10-6-20)35-30(41)34-23-7-3-19(4-8-23)27-36-25-15-21(22-17-33-38(2)18-22)16-32-26(25)28(37-27)39-11-13-42-14-12-39/h3-10,15-18H,11-14H2,1-2H3,(H,31,40)(H2,34,35,41). The molecule has 0 aliphatic carbocycles. The molecule has 12 nitrogen and oxygen atoms in total. The van der Waals surface area contributed by atoms with Gasteiger partial charge in [0.1, 0.15) is 5.52 Å². The highest BCUT2D eigenvalue weighted by atomic mass is 16.5. The number of anilines is 3. The van der Waals surface area contributed by atoms with Crippen LogP contribution in [0, 0.1) is 0 Å². The molecule has 0 spiro atoms. The minimum Gasteiger partial charge on any atom is -0.378 e. The highest BCUT2D eigenvalue weighted by Gasteiger charge is 2.20. The largest absolute Gasteiger partial charge is 0.378 e. The second kappa shape index (κ2) is 11.6. The molecule has 42 heavy (non-hydrogen) atoms. The fraction of sp³-hybridized carbons (Fsp3) is 0.200. The Hall–Kier alpha value is -5.36. The van der Waals surface area contributed by atoms with Crippen LogP contribution in [0.15, 0.2) is 73.2 Å². The quantitative estimate of drug-likeness (QED) is 0.282. The van der Waals surface area contributed by atoms with Crippen molar-refractivity contribution in [3.05, 3.63) is 78.8 Å². The number of carbonyl (C=O) groups excluding carboxylic acids is 2. The molecule has 1 fully saturated rings. The van der Waals surface area contributed by atoms with Gasteiger partial charge in [0, 0.05) is 73.2 Å². The molecular formula is C30H29N9O3. The Morgan fingerprint density at radius 1 is 0.857 bits per heavy atom. The zero-order chi connectivity index (χ0) is 29.1. The minimum absolute atomic E-state index is 0.191. The molecule has 1 saturated heterocycles. The van der Waals surface area contributed by atoms with Crippen LogP contribution in [-0.4, -0.2) is 70.0 Å². The maximum atomic E-state index is 12.6. The lowest BCUT2D eigenvalue weighted by molar-refractivity contribution is 0.0963. The minimum atomic E-state index is -0.402. The third-order valence-electron chi connectivity index (χ3n) is 6.90. The van der Waals surface area contributed by atoms with Crippen molar-refractivity contribution >= 4 is 40.2 Å². The third-order valence-corrected chi connectivity index (χ3v) is 6.90. The summed E-state index contributed by atoms with van der Waals surface area (Å²) < 4.78 is 7.31. The summed E-state index contributed by atoms with van der Waals surface area (Å²) in [6, 6.07) is 15.6. The average Bonchev–Trinajstić information content (AvgIpc) is 3.47. The molecule has 3 aromatic heterocycles. The van der Waals surface area contributed by atoms with E-state index in [9.17, 15) is 9.59 Å². The number of morpholine rings is 1. The van der Waals surface area contributed by atoms with E-state index in [-0.39, 0.29) is 5.91 Å². The Labute approximate surface area is 241 Å². The maximum absolute atomic E-state index is 12.6. The van der Waals surface area contributed by atoms with Gasteiger partial charge in [-0.05, 0) is 54.6 Å². The van der Waals surface area contributed by atoms with Crippen molar-refractivity contribution in [2.45, 2.75) is 0 Å². The summed E-state index contributed by atoms with van der Waals surface area (Å²) in [6.07, 6.45) is 5.57. The third kappa shape index (κ3) is 5.74. The van der Waals surface area contributed by atoms with Crippen LogP contribution in [0.4, 0.5) is 22.0 Å². The van der Waals surface area contributed by atoms with Crippen LogP contribution in [0.3, 0.4) is 0 Å². The van der Waals surface area contributed by atoms with E-state index >= 15 is 0 Å². The highest BCUT2D eigenvalue weighted by molar-refractivity contribution is 6.00. The van der Waals surface area contributed by atoms with Crippen molar-refractivity contribution < 1.29 is 14.3 Å². The summed E-state index contributed by atoms with van der Waals surface area (Å²) >= 11 is 0. The number of fused-ring (bicyclic) bond motifs is 1. The predicted octanol–water partition coefficient (Wildman–Crippen LogP) is 3.93. The number of nitrogens with zero attached hydrogens (tertiary/aromatic N) is 6. The van der Waals surface area contributed by atoms with E-state index in [1.54, 1.807) is 54.3 Å². The molecule has 0 bridgehead atoms. The Kier molecular flexibility index (Phi) is 7.43. The van der Waals surface area contributed by atoms with E-state index in [1.807, 2.05) is 37.6 Å². The fourth-order valence-electron chi connectivity index (χ4n) is 4.70. The number of pyridine rings is 1. The lowest BCUT2D eigenvalue weighted by Gasteiger charge is -2.28. The van der Waals surface area contributed by atoms with Gasteiger partial charge in [0.2, 0.25) is 0 Å². The van der Waals surface area contributed by atoms with Gasteiger partial charge in [-0.1, -0.05) is 0 Å². The van der Waals surface area contributed by atoms with E-state index in [2.05, 4.69) is 25.9 Å². The smallest absolute Gasteiger partial charge is 0.323 e. The van der Waals surface area contributed by atoms with Crippen LogP contribution in [0.5, 0.6) is 0 Å². The van der Waals surface area contributed by atoms with Gasteiger partial charge >= 0.3 is 6.03 Å². The summed E-state index contributed by atoms with van der Waals surface area (Å²) in [5, 5.41) is 12.4. The number of aromatic nitrogens is 5. The zero-order valence-corrected chi connectivity index (χ0v) is 23.2. The molecule has 4 heterocycles. The lowest BCUT2D eigenvalue weighted by atomic mass is 10.1. The number of nitrogens with one attached hydrogen (secondary N) is 3. The first-order chi connectivity index (χ1) is 20.5. The van der Waals surface area contributed by atoms with Gasteiger partial charge in [0.15, 0.2) is 11.6 Å². The fourth-order valence-corrected chi connectivity index (χ4v) is 4.70. The van der Waals surface area contributed by atoms with Gasteiger partial charge in [-0.2, -0.15) is 5.10 Å². The normalized spacial score (nSPS) is 13.1. The Bertz CT molecular complexity index is 1740. The number of amides is 3. The Morgan fingerprint density at radius 2 is 1.55 bits per heavy atom. The monoisotopic (exact) mass is 563 g/mol. The molecule has 3 N–H and O–H groups in total. The highest BCUT2D eigenvalue weighted by Crippen LogP contribution is 2.30. The number of ether oxygens (including phenoxy) is 1. The van der Waals surface area contributed by atoms with Crippen molar-refractivity contribution in [1.29, 1.82) is 0 Å². The first kappa shape index (κ1) is 26.8. The molecule has 2 aromatic carbocycles. The molecule has 0 unspecified atom stereocenters. The summed E-state index contributed by atoms with van der Waals surface area (Å²) in [5.74, 6) is 1.13. The molecule has 0 radical (unpaired) electrons. The molecule has 6 rings (SSSR count). The molecule has 212 valence electrons. The SMILES string of the molecule is CNC(=O)c1ccc(NC(=O)Nc2ccc(-c3nc(N4CCOCC4)c4ncc(-c5cnn(C)c5)cc4n3)cc2)cc1. The van der Waals surface area contributed by atoms with Crippen LogP contribution in [0.25, 0.3) is 33.5 Å². The van der Waals surface area contributed by atoms with E-state index in [0.29, 0.717) is 49.1 Å². The number of hydrogen-bond donors (Lipinski definition) is 3. The van der Waals surface area contributed by atoms with Crippen LogP contribution in [-0.2, 0) is 11.8 Å². The van der Waals surface area contributed by atoms with Gasteiger partial charge in [0.25, 0.3) is 5.91 Å². The average molecular weight is 564 g/mol. The van der Waals surface area contributed by atoms with Crippen LogP contribution in [0.1, 0.15) is 10.4 Å². The van der Waals surface area contributed by atoms with Crippen molar-refractivity contribution in [3.8, 4) is 22.5 Å². The first-order valence-corrected chi connectivity index (χ1v) is 13.5. The van der Waals surface area contributed by atoms with E-state index in [4.69, 9.17) is 19.7 Å². The van der Waals surface area contributed by atoms with Gasteiger partial charge in [-0.3, -0.25) is 14.5 Å². The van der Waals surface area contributed by atoms with Crippen molar-refractivity contribution in [3.63, 3.8) is 0 Å². The van der Waals surface area contributed by atoms with Gasteiger partial charge < -0.3 is 25.6 Å². The number of benzene rings is 2. The molecule has 1 aliphatic rings. The molecule has 12 heteroatoms. The summed E-state index contributed by atoms with van der Waals surface area (Å²) in [6.45, 7) is 2.67. The number of hydrogen-bond acceptors (Lipinski definition) is 8. The second-order valence-corrected chi connectivity index (χ2v) is 9.78. The summed E-state index contributed by atoms with van der Waals surface area (Å²) in [4.78, 5) is 41.0. The Balaban J connectivity index is 1.25. The predicted molar refractivity (Wildman–Crippen MR) is 160 cm³/mol. The Morgan fingerprint density at radius 3 is 2.19 bits per heavy atom. The van der Waals surface area contributed by atoms with Crippen molar-refractivity contribution in [1.82, 2.24) is 30.0 Å². The summed E-state index contributed by atoms with van der Waals surface area (Å²) in [5.41, 5.74) is 5.81. The molecule has 0 saturated carbocycles. The van der Waals surface area contributed by atoms with E-state index in [1.165, 1.54) is 0 Å². The van der Waals surface area contributed by atoms with Crippen LogP contribution in [0.2, 0.25) is 0 Å². The van der Waals surface area contributed by atoms with E-state index in [0.717, 1.165) is 33.5 Å². The van der Waals surface area contributed by atoms with Gasteiger partial charge in [0.05, 0.1) is 24.9 Å². The van der Waals surface area contributed by atoms with E-state index < -0.39 is 6.03 Å². The molecule has 0 atom stereocenters. The van der Waals surface area contributed by atoms with Crippen LogP contribution < -0.4 is 20.9 Å². The zero-order valence-electron chi connectivity index (χ0n) is 23.2.